The van der Waals surface area contributed by atoms with Crippen LogP contribution in [0.4, 0.5) is 0 Å². The lowest BCUT2D eigenvalue weighted by Gasteiger charge is -2.16. The standard InChI is InChI=1S/C16H27NO4/c1-13(2)17-10-15(18)12-21-16-7-5-4-6-14(16)11-20-9-8-19-3/h4-7,13,15,17-18H,8-12H2,1-3H3. The van der Waals surface area contributed by atoms with Gasteiger partial charge in [0.15, 0.2) is 0 Å². The number of methoxy groups -OCH3 is 1. The smallest absolute Gasteiger partial charge is 0.124 e. The van der Waals surface area contributed by atoms with Crippen molar-refractivity contribution in [3.63, 3.8) is 0 Å². The monoisotopic (exact) mass is 297 g/mol. The zero-order chi connectivity index (χ0) is 15.5. The molecular weight excluding hydrogens is 270 g/mol. The molecule has 0 spiro atoms. The van der Waals surface area contributed by atoms with E-state index in [9.17, 15) is 5.11 Å². The molecule has 0 saturated carbocycles. The first-order chi connectivity index (χ1) is 10.1. The van der Waals surface area contributed by atoms with E-state index in [0.29, 0.717) is 32.4 Å². The van der Waals surface area contributed by atoms with Crippen molar-refractivity contribution < 1.29 is 19.3 Å². The SMILES string of the molecule is COCCOCc1ccccc1OCC(O)CNC(C)C. The average Bonchev–Trinajstić information content (AvgIpc) is 2.48. The Morgan fingerprint density at radius 2 is 1.95 bits per heavy atom. The lowest BCUT2D eigenvalue weighted by molar-refractivity contribution is 0.0590. The Morgan fingerprint density at radius 1 is 1.19 bits per heavy atom. The van der Waals surface area contributed by atoms with Crippen molar-refractivity contribution in [3.05, 3.63) is 29.8 Å². The van der Waals surface area contributed by atoms with Gasteiger partial charge in [-0.05, 0) is 6.07 Å². The Kier molecular flexibility index (Phi) is 9.01. The van der Waals surface area contributed by atoms with Gasteiger partial charge in [-0.3, -0.25) is 0 Å². The van der Waals surface area contributed by atoms with Crippen LogP contribution in [-0.4, -0.2) is 50.7 Å². The van der Waals surface area contributed by atoms with Gasteiger partial charge in [-0.15, -0.1) is 0 Å². The predicted octanol–water partition coefficient (Wildman–Crippen LogP) is 1.59. The fraction of sp³-hybridized carbons (Fsp3) is 0.625. The Balaban J connectivity index is 2.39. The number of para-hydroxylation sites is 1. The first kappa shape index (κ1) is 17.9. The molecule has 0 fully saturated rings. The van der Waals surface area contributed by atoms with E-state index in [2.05, 4.69) is 5.32 Å². The predicted molar refractivity (Wildman–Crippen MR) is 82.6 cm³/mol. The first-order valence-corrected chi connectivity index (χ1v) is 7.32. The Bertz CT molecular complexity index is 384. The minimum atomic E-state index is -0.533. The van der Waals surface area contributed by atoms with Crippen molar-refractivity contribution >= 4 is 0 Å². The summed E-state index contributed by atoms with van der Waals surface area (Å²) in [6, 6.07) is 8.05. The van der Waals surface area contributed by atoms with E-state index in [-0.39, 0.29) is 6.61 Å². The van der Waals surface area contributed by atoms with E-state index in [1.54, 1.807) is 7.11 Å². The molecule has 120 valence electrons. The first-order valence-electron chi connectivity index (χ1n) is 7.32. The summed E-state index contributed by atoms with van der Waals surface area (Å²) in [5.74, 6) is 0.749. The number of rotatable bonds is 11. The van der Waals surface area contributed by atoms with E-state index < -0.39 is 6.10 Å². The molecule has 0 aliphatic heterocycles. The zero-order valence-electron chi connectivity index (χ0n) is 13.2. The van der Waals surface area contributed by atoms with Crippen LogP contribution in [0, 0.1) is 0 Å². The normalized spacial score (nSPS) is 12.6. The number of aliphatic hydroxyl groups excluding tert-OH is 1. The number of ether oxygens (including phenoxy) is 3. The summed E-state index contributed by atoms with van der Waals surface area (Å²) in [5.41, 5.74) is 0.970. The summed E-state index contributed by atoms with van der Waals surface area (Å²) in [5, 5.41) is 13.0. The van der Waals surface area contributed by atoms with Crippen molar-refractivity contribution in [2.75, 3.05) is 33.5 Å². The number of benzene rings is 1. The van der Waals surface area contributed by atoms with E-state index in [4.69, 9.17) is 14.2 Å². The highest BCUT2D eigenvalue weighted by atomic mass is 16.5. The topological polar surface area (TPSA) is 60.0 Å². The maximum atomic E-state index is 9.86. The summed E-state index contributed by atoms with van der Waals surface area (Å²) >= 11 is 0. The maximum absolute atomic E-state index is 9.86. The average molecular weight is 297 g/mol. The van der Waals surface area contributed by atoms with Crippen LogP contribution in [0.3, 0.4) is 0 Å². The van der Waals surface area contributed by atoms with Gasteiger partial charge in [-0.25, -0.2) is 0 Å². The summed E-state index contributed by atoms with van der Waals surface area (Å²) in [4.78, 5) is 0. The molecule has 1 aromatic rings. The molecule has 0 aromatic heterocycles. The van der Waals surface area contributed by atoms with Gasteiger partial charge in [0.25, 0.3) is 0 Å². The Labute approximate surface area is 127 Å². The summed E-state index contributed by atoms with van der Waals surface area (Å²) in [6.07, 6.45) is -0.533. The quantitative estimate of drug-likeness (QED) is 0.607. The molecule has 0 bridgehead atoms. The second kappa shape index (κ2) is 10.6. The van der Waals surface area contributed by atoms with Crippen LogP contribution in [0.2, 0.25) is 0 Å². The van der Waals surface area contributed by atoms with Crippen LogP contribution in [0.25, 0.3) is 0 Å². The molecule has 21 heavy (non-hydrogen) atoms. The van der Waals surface area contributed by atoms with Crippen LogP contribution in [0.15, 0.2) is 24.3 Å². The van der Waals surface area contributed by atoms with Gasteiger partial charge < -0.3 is 24.6 Å². The van der Waals surface area contributed by atoms with Gasteiger partial charge in [-0.2, -0.15) is 0 Å². The molecule has 0 saturated heterocycles. The third-order valence-electron chi connectivity index (χ3n) is 2.85. The largest absolute Gasteiger partial charge is 0.490 e. The van der Waals surface area contributed by atoms with Crippen LogP contribution >= 0.6 is 0 Å². The second-order valence-electron chi connectivity index (χ2n) is 5.18. The third kappa shape index (κ3) is 8.02. The zero-order valence-corrected chi connectivity index (χ0v) is 13.2. The van der Waals surface area contributed by atoms with Gasteiger partial charge in [0.05, 0.1) is 19.8 Å². The van der Waals surface area contributed by atoms with Crippen LogP contribution < -0.4 is 10.1 Å². The van der Waals surface area contributed by atoms with Gasteiger partial charge in [0.2, 0.25) is 0 Å². The Morgan fingerprint density at radius 3 is 2.67 bits per heavy atom. The van der Waals surface area contributed by atoms with E-state index in [1.165, 1.54) is 0 Å². The molecule has 0 aliphatic carbocycles. The molecule has 0 amide bonds. The molecule has 1 atom stereocenters. The molecule has 5 heteroatoms. The van der Waals surface area contributed by atoms with E-state index in [0.717, 1.165) is 11.3 Å². The van der Waals surface area contributed by atoms with Gasteiger partial charge in [0, 0.05) is 25.3 Å². The molecule has 1 aromatic carbocycles. The fourth-order valence-corrected chi connectivity index (χ4v) is 1.70. The molecular formula is C16H27NO4. The molecule has 0 radical (unpaired) electrons. The molecule has 0 aliphatic rings. The summed E-state index contributed by atoms with van der Waals surface area (Å²) < 4.78 is 16.1. The Hall–Kier alpha value is -1.14. The van der Waals surface area contributed by atoms with Crippen LogP contribution in [0.1, 0.15) is 19.4 Å². The van der Waals surface area contributed by atoms with Crippen LogP contribution in [-0.2, 0) is 16.1 Å². The molecule has 5 nitrogen and oxygen atoms in total. The highest BCUT2D eigenvalue weighted by Gasteiger charge is 2.08. The van der Waals surface area contributed by atoms with Gasteiger partial charge in [0.1, 0.15) is 18.5 Å². The lowest BCUT2D eigenvalue weighted by Crippen LogP contribution is -2.35. The molecule has 2 N–H and O–H groups in total. The minimum absolute atomic E-state index is 0.259. The van der Waals surface area contributed by atoms with E-state index >= 15 is 0 Å². The maximum Gasteiger partial charge on any atom is 0.124 e. The summed E-state index contributed by atoms with van der Waals surface area (Å²) in [7, 11) is 1.65. The van der Waals surface area contributed by atoms with Gasteiger partial charge in [-0.1, -0.05) is 32.0 Å². The van der Waals surface area contributed by atoms with Crippen molar-refractivity contribution in [3.8, 4) is 5.75 Å². The third-order valence-corrected chi connectivity index (χ3v) is 2.85. The molecule has 1 rings (SSSR count). The van der Waals surface area contributed by atoms with E-state index in [1.807, 2.05) is 38.1 Å². The highest BCUT2D eigenvalue weighted by Crippen LogP contribution is 2.19. The van der Waals surface area contributed by atoms with Gasteiger partial charge >= 0.3 is 0 Å². The van der Waals surface area contributed by atoms with Crippen molar-refractivity contribution in [2.45, 2.75) is 32.6 Å². The second-order valence-corrected chi connectivity index (χ2v) is 5.18. The van der Waals surface area contributed by atoms with Crippen molar-refractivity contribution in [1.82, 2.24) is 5.32 Å². The number of aliphatic hydroxyl groups is 1. The molecule has 0 heterocycles. The number of hydrogen-bond donors (Lipinski definition) is 2. The van der Waals surface area contributed by atoms with Crippen LogP contribution in [0.5, 0.6) is 5.75 Å². The fourth-order valence-electron chi connectivity index (χ4n) is 1.70. The minimum Gasteiger partial charge on any atom is -0.490 e. The van der Waals surface area contributed by atoms with Crippen molar-refractivity contribution in [1.29, 1.82) is 0 Å². The number of hydrogen-bond acceptors (Lipinski definition) is 5. The molecule has 1 unspecified atom stereocenters. The summed E-state index contributed by atoms with van der Waals surface area (Å²) in [6.45, 7) is 6.45. The highest BCUT2D eigenvalue weighted by molar-refractivity contribution is 5.32. The number of nitrogens with one attached hydrogen (secondary N) is 1. The lowest BCUT2D eigenvalue weighted by atomic mass is 10.2. The van der Waals surface area contributed by atoms with Crippen molar-refractivity contribution in [2.24, 2.45) is 0 Å².